The quantitative estimate of drug-likeness (QED) is 0.556. The van der Waals surface area contributed by atoms with Crippen molar-refractivity contribution in [3.63, 3.8) is 0 Å². The normalized spacial score (nSPS) is 34.0. The molecule has 0 fully saturated rings. The van der Waals surface area contributed by atoms with Crippen molar-refractivity contribution in [1.82, 2.24) is 0 Å². The van der Waals surface area contributed by atoms with Crippen LogP contribution in [0.1, 0.15) is 64.2 Å². The standard InChI is InChI=1S/C16H26O4/c17-13-9-5-1-3-7-11(15(13)19)12-8-4-2-6-10-14(18)16(12)20/h11-12,17-20H,1-10H2/b15-13-,16-14?. The molecule has 4 heteroatoms. The predicted octanol–water partition coefficient (Wildman–Crippen LogP) is 4.80. The third kappa shape index (κ3) is 3.41. The van der Waals surface area contributed by atoms with Gasteiger partial charge in [-0.05, 0) is 25.7 Å². The first kappa shape index (κ1) is 15.1. The van der Waals surface area contributed by atoms with Crippen molar-refractivity contribution in [2.75, 3.05) is 0 Å². The monoisotopic (exact) mass is 282 g/mol. The van der Waals surface area contributed by atoms with Crippen LogP contribution in [-0.2, 0) is 0 Å². The van der Waals surface area contributed by atoms with Crippen molar-refractivity contribution in [2.45, 2.75) is 64.2 Å². The Bertz CT molecular complexity index is 359. The van der Waals surface area contributed by atoms with Crippen molar-refractivity contribution in [2.24, 2.45) is 11.8 Å². The molecule has 2 atom stereocenters. The van der Waals surface area contributed by atoms with Crippen LogP contribution in [0.4, 0.5) is 0 Å². The lowest BCUT2D eigenvalue weighted by atomic mass is 9.78. The van der Waals surface area contributed by atoms with Gasteiger partial charge in [0, 0.05) is 24.7 Å². The molecule has 0 saturated carbocycles. The smallest absolute Gasteiger partial charge is 0.133 e. The maximum absolute atomic E-state index is 10.3. The minimum atomic E-state index is -0.268. The molecule has 20 heavy (non-hydrogen) atoms. The second kappa shape index (κ2) is 6.91. The van der Waals surface area contributed by atoms with E-state index in [0.717, 1.165) is 51.4 Å². The van der Waals surface area contributed by atoms with Crippen LogP contribution in [0.3, 0.4) is 0 Å². The van der Waals surface area contributed by atoms with Gasteiger partial charge in [0.25, 0.3) is 0 Å². The van der Waals surface area contributed by atoms with Crippen molar-refractivity contribution in [3.05, 3.63) is 23.0 Å². The second-order valence-electron chi connectivity index (χ2n) is 6.08. The Morgan fingerprint density at radius 1 is 0.550 bits per heavy atom. The van der Waals surface area contributed by atoms with Gasteiger partial charge in [0.05, 0.1) is 0 Å². The molecule has 0 saturated heterocycles. The topological polar surface area (TPSA) is 80.9 Å². The summed E-state index contributed by atoms with van der Waals surface area (Å²) < 4.78 is 0. The summed E-state index contributed by atoms with van der Waals surface area (Å²) in [6, 6.07) is 0. The molecule has 0 spiro atoms. The summed E-state index contributed by atoms with van der Waals surface area (Å²) in [7, 11) is 0. The van der Waals surface area contributed by atoms with Gasteiger partial charge >= 0.3 is 0 Å². The Hall–Kier alpha value is -1.32. The Kier molecular flexibility index (Phi) is 5.21. The molecule has 0 aromatic rings. The van der Waals surface area contributed by atoms with Gasteiger partial charge in [-0.25, -0.2) is 0 Å². The van der Waals surface area contributed by atoms with Crippen LogP contribution in [0.5, 0.6) is 0 Å². The van der Waals surface area contributed by atoms with Gasteiger partial charge in [-0.15, -0.1) is 0 Å². The van der Waals surface area contributed by atoms with Gasteiger partial charge in [-0.3, -0.25) is 0 Å². The Morgan fingerprint density at radius 2 is 0.950 bits per heavy atom. The fraction of sp³-hybridized carbons (Fsp3) is 0.750. The highest BCUT2D eigenvalue weighted by Crippen LogP contribution is 2.38. The Labute approximate surface area is 120 Å². The summed E-state index contributed by atoms with van der Waals surface area (Å²) in [6.45, 7) is 0. The summed E-state index contributed by atoms with van der Waals surface area (Å²) in [5, 5.41) is 40.4. The molecule has 0 aromatic carbocycles. The minimum absolute atomic E-state index is 0.0228. The average Bonchev–Trinajstić information content (AvgIpc) is 2.43. The fourth-order valence-electron chi connectivity index (χ4n) is 3.41. The largest absolute Gasteiger partial charge is 0.509 e. The second-order valence-corrected chi connectivity index (χ2v) is 6.08. The molecule has 0 aliphatic heterocycles. The van der Waals surface area contributed by atoms with Crippen molar-refractivity contribution >= 4 is 0 Å². The fourth-order valence-corrected chi connectivity index (χ4v) is 3.41. The van der Waals surface area contributed by atoms with Crippen LogP contribution in [0, 0.1) is 11.8 Å². The maximum atomic E-state index is 10.3. The number of rotatable bonds is 1. The number of aliphatic hydroxyl groups excluding tert-OH is 4. The summed E-state index contributed by atoms with van der Waals surface area (Å²) in [4.78, 5) is 0. The molecule has 2 aliphatic rings. The maximum Gasteiger partial charge on any atom is 0.133 e. The van der Waals surface area contributed by atoms with E-state index in [4.69, 9.17) is 0 Å². The Balaban J connectivity index is 2.29. The highest BCUT2D eigenvalue weighted by Gasteiger charge is 2.32. The van der Waals surface area contributed by atoms with Gasteiger partial charge in [0.15, 0.2) is 0 Å². The lowest BCUT2D eigenvalue weighted by molar-refractivity contribution is 0.160. The van der Waals surface area contributed by atoms with Crippen molar-refractivity contribution < 1.29 is 20.4 Å². The molecule has 2 unspecified atom stereocenters. The molecule has 4 nitrogen and oxygen atoms in total. The van der Waals surface area contributed by atoms with Crippen LogP contribution in [0.15, 0.2) is 23.0 Å². The minimum Gasteiger partial charge on any atom is -0.509 e. The average molecular weight is 282 g/mol. The van der Waals surface area contributed by atoms with E-state index < -0.39 is 0 Å². The molecule has 2 rings (SSSR count). The van der Waals surface area contributed by atoms with E-state index in [0.29, 0.717) is 12.8 Å². The number of aliphatic hydroxyl groups is 4. The van der Waals surface area contributed by atoms with Gasteiger partial charge in [-0.2, -0.15) is 0 Å². The van der Waals surface area contributed by atoms with Gasteiger partial charge in [0.1, 0.15) is 23.0 Å². The molecule has 0 radical (unpaired) electrons. The van der Waals surface area contributed by atoms with Gasteiger partial charge in [-0.1, -0.05) is 25.7 Å². The summed E-state index contributed by atoms with van der Waals surface area (Å²) in [5.41, 5.74) is 0. The van der Waals surface area contributed by atoms with E-state index in [1.165, 1.54) is 0 Å². The zero-order valence-corrected chi connectivity index (χ0v) is 12.0. The van der Waals surface area contributed by atoms with E-state index in [1.807, 2.05) is 0 Å². The lowest BCUT2D eigenvalue weighted by Crippen LogP contribution is -2.23. The molecular weight excluding hydrogens is 256 g/mol. The molecule has 0 bridgehead atoms. The van der Waals surface area contributed by atoms with E-state index in [9.17, 15) is 20.4 Å². The van der Waals surface area contributed by atoms with E-state index in [1.54, 1.807) is 0 Å². The summed E-state index contributed by atoms with van der Waals surface area (Å²) in [6.07, 6.45) is 8.29. The van der Waals surface area contributed by atoms with Crippen molar-refractivity contribution in [1.29, 1.82) is 0 Å². The molecule has 0 heterocycles. The molecule has 0 amide bonds. The van der Waals surface area contributed by atoms with Gasteiger partial charge in [0.2, 0.25) is 0 Å². The van der Waals surface area contributed by atoms with Crippen LogP contribution in [0.25, 0.3) is 0 Å². The molecule has 2 aliphatic carbocycles. The lowest BCUT2D eigenvalue weighted by Gasteiger charge is -2.29. The van der Waals surface area contributed by atoms with E-state index >= 15 is 0 Å². The van der Waals surface area contributed by atoms with E-state index in [2.05, 4.69) is 0 Å². The first-order chi connectivity index (χ1) is 9.61. The predicted molar refractivity (Wildman–Crippen MR) is 77.7 cm³/mol. The summed E-state index contributed by atoms with van der Waals surface area (Å²) >= 11 is 0. The first-order valence-corrected chi connectivity index (χ1v) is 7.83. The number of allylic oxidation sites excluding steroid dienone is 4. The molecule has 114 valence electrons. The van der Waals surface area contributed by atoms with Crippen LogP contribution >= 0.6 is 0 Å². The zero-order valence-electron chi connectivity index (χ0n) is 12.0. The van der Waals surface area contributed by atoms with Crippen molar-refractivity contribution in [3.8, 4) is 0 Å². The number of hydrogen-bond donors (Lipinski definition) is 4. The molecular formula is C16H26O4. The van der Waals surface area contributed by atoms with Crippen LogP contribution in [0.2, 0.25) is 0 Å². The molecule has 0 aromatic heterocycles. The number of hydrogen-bond acceptors (Lipinski definition) is 4. The highest BCUT2D eigenvalue weighted by molar-refractivity contribution is 5.14. The van der Waals surface area contributed by atoms with Crippen LogP contribution < -0.4 is 0 Å². The third-order valence-corrected chi connectivity index (χ3v) is 4.64. The molecule has 4 N–H and O–H groups in total. The van der Waals surface area contributed by atoms with Crippen LogP contribution in [-0.4, -0.2) is 20.4 Å². The highest BCUT2D eigenvalue weighted by atomic mass is 16.3. The Morgan fingerprint density at radius 3 is 1.35 bits per heavy atom. The summed E-state index contributed by atoms with van der Waals surface area (Å²) in [5.74, 6) is -0.372. The first-order valence-electron chi connectivity index (χ1n) is 7.83. The SMILES string of the molecule is OC1=C(O)C(C2CCCCC/C(O)=C\2O)CCCCC1. The zero-order chi connectivity index (χ0) is 14.5. The van der Waals surface area contributed by atoms with Gasteiger partial charge < -0.3 is 20.4 Å². The van der Waals surface area contributed by atoms with E-state index in [-0.39, 0.29) is 34.9 Å². The third-order valence-electron chi connectivity index (χ3n) is 4.64.